The fourth-order valence-electron chi connectivity index (χ4n) is 2.95. The largest absolute Gasteiger partial charge is 0.436 e. The minimum absolute atomic E-state index is 0.230. The second kappa shape index (κ2) is 6.74. The summed E-state index contributed by atoms with van der Waals surface area (Å²) in [4.78, 5) is 21.6. The van der Waals surface area contributed by atoms with E-state index in [0.717, 1.165) is 15.6 Å². The lowest BCUT2D eigenvalue weighted by Crippen LogP contribution is -2.10. The van der Waals surface area contributed by atoms with Crippen molar-refractivity contribution in [2.24, 2.45) is 0 Å². The number of oxazole rings is 1. The number of anilines is 1. The van der Waals surface area contributed by atoms with Gasteiger partial charge < -0.3 is 9.73 Å². The smallest absolute Gasteiger partial charge is 0.267 e. The second-order valence-electron chi connectivity index (χ2n) is 6.14. The SMILES string of the molecule is O=C(Nc1ccc(-c2nc3cnccc3o2)cc1)c1sc2ccccc2c1Cl. The summed E-state index contributed by atoms with van der Waals surface area (Å²) in [6, 6.07) is 16.8. The summed E-state index contributed by atoms with van der Waals surface area (Å²) in [6.45, 7) is 0. The van der Waals surface area contributed by atoms with Gasteiger partial charge in [0.1, 0.15) is 10.4 Å². The Kier molecular flexibility index (Phi) is 4.07. The van der Waals surface area contributed by atoms with E-state index in [2.05, 4.69) is 15.3 Å². The third-order valence-electron chi connectivity index (χ3n) is 4.32. The van der Waals surface area contributed by atoms with Gasteiger partial charge in [-0.1, -0.05) is 29.8 Å². The van der Waals surface area contributed by atoms with Gasteiger partial charge in [0.2, 0.25) is 5.89 Å². The van der Waals surface area contributed by atoms with Crippen molar-refractivity contribution in [3.63, 3.8) is 0 Å². The molecule has 0 fully saturated rings. The molecule has 1 N–H and O–H groups in total. The van der Waals surface area contributed by atoms with E-state index in [0.29, 0.717) is 32.6 Å². The Morgan fingerprint density at radius 3 is 2.68 bits per heavy atom. The third kappa shape index (κ3) is 2.93. The number of hydrogen-bond acceptors (Lipinski definition) is 5. The van der Waals surface area contributed by atoms with Crippen LogP contribution in [0.15, 0.2) is 71.4 Å². The van der Waals surface area contributed by atoms with Gasteiger partial charge in [0.05, 0.1) is 11.2 Å². The van der Waals surface area contributed by atoms with E-state index in [1.54, 1.807) is 18.5 Å². The summed E-state index contributed by atoms with van der Waals surface area (Å²) in [5.41, 5.74) is 2.87. The molecule has 0 bridgehead atoms. The summed E-state index contributed by atoms with van der Waals surface area (Å²) in [5.74, 6) is 0.278. The van der Waals surface area contributed by atoms with Crippen LogP contribution in [0.1, 0.15) is 9.67 Å². The first-order chi connectivity index (χ1) is 13.7. The van der Waals surface area contributed by atoms with Gasteiger partial charge in [-0.25, -0.2) is 4.98 Å². The normalized spacial score (nSPS) is 11.2. The monoisotopic (exact) mass is 405 g/mol. The number of pyridine rings is 1. The Bertz CT molecular complexity index is 1290. The fraction of sp³-hybridized carbons (Fsp3) is 0. The van der Waals surface area contributed by atoms with Gasteiger partial charge in [-0.2, -0.15) is 0 Å². The Labute approximate surface area is 168 Å². The van der Waals surface area contributed by atoms with Gasteiger partial charge in [0.25, 0.3) is 5.91 Å². The van der Waals surface area contributed by atoms with E-state index in [1.807, 2.05) is 48.5 Å². The molecule has 2 aromatic carbocycles. The molecule has 5 aromatic rings. The average molecular weight is 406 g/mol. The Hall–Kier alpha value is -3.22. The number of hydrogen-bond donors (Lipinski definition) is 1. The number of nitrogens with zero attached hydrogens (tertiary/aromatic N) is 2. The summed E-state index contributed by atoms with van der Waals surface area (Å²) < 4.78 is 6.72. The highest BCUT2D eigenvalue weighted by molar-refractivity contribution is 7.21. The van der Waals surface area contributed by atoms with Crippen molar-refractivity contribution in [3.8, 4) is 11.5 Å². The second-order valence-corrected chi connectivity index (χ2v) is 7.57. The first-order valence-corrected chi connectivity index (χ1v) is 9.68. The van der Waals surface area contributed by atoms with E-state index in [-0.39, 0.29) is 5.91 Å². The van der Waals surface area contributed by atoms with Crippen LogP contribution in [0.2, 0.25) is 5.02 Å². The Morgan fingerprint density at radius 2 is 1.89 bits per heavy atom. The number of carbonyl (C=O) groups excluding carboxylic acids is 1. The zero-order valence-corrected chi connectivity index (χ0v) is 15.9. The van der Waals surface area contributed by atoms with E-state index in [4.69, 9.17) is 16.0 Å². The van der Waals surface area contributed by atoms with Gasteiger partial charge >= 0.3 is 0 Å². The van der Waals surface area contributed by atoms with E-state index < -0.39 is 0 Å². The van der Waals surface area contributed by atoms with Gasteiger partial charge in [0.15, 0.2) is 5.58 Å². The van der Waals surface area contributed by atoms with E-state index in [9.17, 15) is 4.79 Å². The Balaban J connectivity index is 1.39. The lowest BCUT2D eigenvalue weighted by molar-refractivity contribution is 0.103. The molecule has 0 spiro atoms. The van der Waals surface area contributed by atoms with Crippen LogP contribution in [0.3, 0.4) is 0 Å². The topological polar surface area (TPSA) is 68.0 Å². The maximum atomic E-state index is 12.7. The van der Waals surface area contributed by atoms with E-state index in [1.165, 1.54) is 11.3 Å². The number of nitrogens with one attached hydrogen (secondary N) is 1. The van der Waals surface area contributed by atoms with Crippen molar-refractivity contribution in [1.29, 1.82) is 0 Å². The van der Waals surface area contributed by atoms with Crippen LogP contribution in [0.25, 0.3) is 32.6 Å². The molecule has 0 aliphatic carbocycles. The molecule has 0 radical (unpaired) electrons. The molecule has 0 saturated heterocycles. The predicted octanol–water partition coefficient (Wildman–Crippen LogP) is 6.01. The quantitative estimate of drug-likeness (QED) is 0.399. The number of aromatic nitrogens is 2. The minimum Gasteiger partial charge on any atom is -0.436 e. The van der Waals surface area contributed by atoms with Crippen molar-refractivity contribution in [1.82, 2.24) is 9.97 Å². The van der Waals surface area contributed by atoms with Gasteiger partial charge in [-0.15, -0.1) is 11.3 Å². The maximum Gasteiger partial charge on any atom is 0.267 e. The van der Waals surface area contributed by atoms with Gasteiger partial charge in [0, 0.05) is 33.6 Å². The first kappa shape index (κ1) is 16.9. The zero-order valence-electron chi connectivity index (χ0n) is 14.3. The molecule has 0 unspecified atom stereocenters. The summed E-state index contributed by atoms with van der Waals surface area (Å²) in [7, 11) is 0. The molecule has 1 amide bonds. The molecule has 3 heterocycles. The standard InChI is InChI=1S/C21H12ClN3O2S/c22-18-14-3-1-2-4-17(14)28-19(18)20(26)24-13-7-5-12(6-8-13)21-25-15-11-23-10-9-16(15)27-21/h1-11H,(H,24,26). The lowest BCUT2D eigenvalue weighted by Gasteiger charge is -2.04. The van der Waals surface area contributed by atoms with Crippen molar-refractivity contribution in [2.75, 3.05) is 5.32 Å². The molecule has 0 aliphatic heterocycles. The van der Waals surface area contributed by atoms with Crippen LogP contribution in [-0.2, 0) is 0 Å². The van der Waals surface area contributed by atoms with Crippen LogP contribution in [0.5, 0.6) is 0 Å². The predicted molar refractivity (Wildman–Crippen MR) is 112 cm³/mol. The fourth-order valence-corrected chi connectivity index (χ4v) is 4.36. The number of fused-ring (bicyclic) bond motifs is 2. The molecule has 0 atom stereocenters. The number of benzene rings is 2. The number of halogens is 1. The van der Waals surface area contributed by atoms with Crippen LogP contribution in [-0.4, -0.2) is 15.9 Å². The summed E-state index contributed by atoms with van der Waals surface area (Å²) in [5, 5.41) is 4.26. The highest BCUT2D eigenvalue weighted by Gasteiger charge is 2.17. The molecule has 5 nitrogen and oxygen atoms in total. The van der Waals surface area contributed by atoms with Crippen LogP contribution in [0.4, 0.5) is 5.69 Å². The van der Waals surface area contributed by atoms with Gasteiger partial charge in [-0.3, -0.25) is 9.78 Å². The molecule has 3 aromatic heterocycles. The maximum absolute atomic E-state index is 12.7. The Morgan fingerprint density at radius 1 is 1.07 bits per heavy atom. The molecular formula is C21H12ClN3O2S. The molecule has 136 valence electrons. The number of rotatable bonds is 3. The van der Waals surface area contributed by atoms with Crippen molar-refractivity contribution in [2.45, 2.75) is 0 Å². The highest BCUT2D eigenvalue weighted by Crippen LogP contribution is 2.35. The summed E-state index contributed by atoms with van der Waals surface area (Å²) >= 11 is 7.76. The van der Waals surface area contributed by atoms with Crippen molar-refractivity contribution >= 4 is 55.7 Å². The van der Waals surface area contributed by atoms with Crippen LogP contribution >= 0.6 is 22.9 Å². The molecule has 5 rings (SSSR count). The van der Waals surface area contributed by atoms with Crippen molar-refractivity contribution in [3.05, 3.63) is 76.9 Å². The van der Waals surface area contributed by atoms with Gasteiger partial charge in [-0.05, 0) is 30.3 Å². The molecule has 28 heavy (non-hydrogen) atoms. The van der Waals surface area contributed by atoms with E-state index >= 15 is 0 Å². The summed E-state index contributed by atoms with van der Waals surface area (Å²) in [6.07, 6.45) is 3.32. The molecule has 0 saturated carbocycles. The first-order valence-electron chi connectivity index (χ1n) is 8.48. The highest BCUT2D eigenvalue weighted by atomic mass is 35.5. The lowest BCUT2D eigenvalue weighted by atomic mass is 10.2. The third-order valence-corrected chi connectivity index (χ3v) is 5.99. The zero-order chi connectivity index (χ0) is 19.1. The molecule has 0 aliphatic rings. The average Bonchev–Trinajstić information content (AvgIpc) is 3.30. The van der Waals surface area contributed by atoms with Crippen LogP contribution < -0.4 is 5.32 Å². The number of thiophene rings is 1. The van der Waals surface area contributed by atoms with Crippen LogP contribution in [0, 0.1) is 0 Å². The minimum atomic E-state index is -0.230. The molecular weight excluding hydrogens is 394 g/mol. The molecule has 7 heteroatoms. The van der Waals surface area contributed by atoms with Crippen molar-refractivity contribution < 1.29 is 9.21 Å². The number of amides is 1. The number of carbonyl (C=O) groups is 1.